The zero-order chi connectivity index (χ0) is 18.4. The second-order valence-electron chi connectivity index (χ2n) is 6.53. The zero-order valence-corrected chi connectivity index (χ0v) is 16.7. The number of piperazine rings is 1. The maximum Gasteiger partial charge on any atom is 0.234 e. The molecule has 0 spiro atoms. The minimum absolute atomic E-state index is 0.0606. The summed E-state index contributed by atoms with van der Waals surface area (Å²) in [5.41, 5.74) is 1.14. The van der Waals surface area contributed by atoms with E-state index in [4.69, 9.17) is 0 Å². The van der Waals surface area contributed by atoms with Gasteiger partial charge in [-0.2, -0.15) is 0 Å². The normalized spacial score (nSPS) is 16.3. The van der Waals surface area contributed by atoms with Gasteiger partial charge in [0.1, 0.15) is 5.82 Å². The van der Waals surface area contributed by atoms with Crippen LogP contribution in [0.3, 0.4) is 0 Å². The predicted octanol–water partition coefficient (Wildman–Crippen LogP) is 3.23. The molecule has 26 heavy (non-hydrogen) atoms. The number of carbonyl (C=O) groups is 1. The highest BCUT2D eigenvalue weighted by atomic mass is 79.9. The Morgan fingerprint density at radius 2 is 1.88 bits per heavy atom. The van der Waals surface area contributed by atoms with Gasteiger partial charge in [-0.15, -0.1) is 0 Å². The summed E-state index contributed by atoms with van der Waals surface area (Å²) in [5.74, 6) is 1.10. The van der Waals surface area contributed by atoms with E-state index in [1.807, 2.05) is 36.5 Å². The van der Waals surface area contributed by atoms with Gasteiger partial charge in [-0.05, 0) is 36.2 Å². The fourth-order valence-electron chi connectivity index (χ4n) is 3.24. The van der Waals surface area contributed by atoms with Crippen LogP contribution in [0, 0.1) is 0 Å². The van der Waals surface area contributed by atoms with Crippen molar-refractivity contribution in [2.24, 2.45) is 0 Å². The third kappa shape index (κ3) is 5.05. The number of rotatable bonds is 6. The van der Waals surface area contributed by atoms with Crippen LogP contribution in [0.15, 0.2) is 53.1 Å². The SMILES string of the molecule is CCC(NC(=O)CN1CCN(c2ccccn2)CC1)c1ccc(Br)cc1. The molecule has 5 nitrogen and oxygen atoms in total. The average molecular weight is 417 g/mol. The van der Waals surface area contributed by atoms with Crippen molar-refractivity contribution in [1.29, 1.82) is 0 Å². The van der Waals surface area contributed by atoms with Crippen LogP contribution >= 0.6 is 15.9 Å². The molecule has 1 aliphatic rings. The minimum atomic E-state index is 0.0606. The first kappa shape index (κ1) is 18.9. The van der Waals surface area contributed by atoms with Crippen LogP contribution in [0.25, 0.3) is 0 Å². The lowest BCUT2D eigenvalue weighted by Crippen LogP contribution is -2.50. The zero-order valence-electron chi connectivity index (χ0n) is 15.1. The lowest BCUT2D eigenvalue weighted by molar-refractivity contribution is -0.123. The third-order valence-corrected chi connectivity index (χ3v) is 5.26. The number of nitrogens with zero attached hydrogens (tertiary/aromatic N) is 3. The Kier molecular flexibility index (Phi) is 6.63. The Hall–Kier alpha value is -1.92. The monoisotopic (exact) mass is 416 g/mol. The maximum absolute atomic E-state index is 12.5. The van der Waals surface area contributed by atoms with E-state index in [-0.39, 0.29) is 11.9 Å². The number of amides is 1. The Labute approximate surface area is 163 Å². The van der Waals surface area contributed by atoms with E-state index in [1.165, 1.54) is 0 Å². The maximum atomic E-state index is 12.5. The number of pyridine rings is 1. The Bertz CT molecular complexity index is 700. The van der Waals surface area contributed by atoms with E-state index < -0.39 is 0 Å². The highest BCUT2D eigenvalue weighted by molar-refractivity contribution is 9.10. The summed E-state index contributed by atoms with van der Waals surface area (Å²) in [6.07, 6.45) is 2.70. The number of anilines is 1. The molecule has 1 saturated heterocycles. The van der Waals surface area contributed by atoms with Gasteiger partial charge in [-0.1, -0.05) is 41.1 Å². The summed E-state index contributed by atoms with van der Waals surface area (Å²) in [6.45, 7) is 6.09. The fraction of sp³-hybridized carbons (Fsp3) is 0.400. The summed E-state index contributed by atoms with van der Waals surface area (Å²) in [7, 11) is 0. The van der Waals surface area contributed by atoms with Crippen molar-refractivity contribution in [1.82, 2.24) is 15.2 Å². The fourth-order valence-corrected chi connectivity index (χ4v) is 3.50. The first-order valence-corrected chi connectivity index (χ1v) is 9.88. The molecule has 0 aliphatic carbocycles. The molecule has 0 radical (unpaired) electrons. The molecule has 2 aromatic rings. The number of benzene rings is 1. The molecule has 1 aliphatic heterocycles. The molecule has 1 unspecified atom stereocenters. The number of hydrogen-bond donors (Lipinski definition) is 1. The Balaban J connectivity index is 1.48. The number of aromatic nitrogens is 1. The first-order chi connectivity index (χ1) is 12.7. The van der Waals surface area contributed by atoms with Crippen molar-refractivity contribution in [2.45, 2.75) is 19.4 Å². The van der Waals surface area contributed by atoms with Gasteiger partial charge in [0.2, 0.25) is 5.91 Å². The van der Waals surface area contributed by atoms with Gasteiger partial charge in [0.15, 0.2) is 0 Å². The smallest absolute Gasteiger partial charge is 0.234 e. The van der Waals surface area contributed by atoms with Crippen LogP contribution in [-0.2, 0) is 4.79 Å². The number of halogens is 1. The summed E-state index contributed by atoms with van der Waals surface area (Å²) in [4.78, 5) is 21.4. The van der Waals surface area contributed by atoms with E-state index in [2.05, 4.69) is 55.1 Å². The van der Waals surface area contributed by atoms with Crippen LogP contribution in [0.5, 0.6) is 0 Å². The van der Waals surface area contributed by atoms with Crippen LogP contribution in [0.4, 0.5) is 5.82 Å². The van der Waals surface area contributed by atoms with Crippen LogP contribution in [0.2, 0.25) is 0 Å². The number of carbonyl (C=O) groups excluding carboxylic acids is 1. The molecule has 2 heterocycles. The second-order valence-corrected chi connectivity index (χ2v) is 7.45. The van der Waals surface area contributed by atoms with Gasteiger partial charge in [0.25, 0.3) is 0 Å². The minimum Gasteiger partial charge on any atom is -0.354 e. The summed E-state index contributed by atoms with van der Waals surface area (Å²) in [6, 6.07) is 14.2. The summed E-state index contributed by atoms with van der Waals surface area (Å²) < 4.78 is 1.05. The molecule has 1 N–H and O–H groups in total. The molecule has 138 valence electrons. The average Bonchev–Trinajstić information content (AvgIpc) is 2.68. The Morgan fingerprint density at radius 3 is 2.50 bits per heavy atom. The van der Waals surface area contributed by atoms with E-state index in [0.717, 1.165) is 48.5 Å². The Morgan fingerprint density at radius 1 is 1.15 bits per heavy atom. The van der Waals surface area contributed by atoms with Crippen molar-refractivity contribution in [3.05, 3.63) is 58.7 Å². The first-order valence-electron chi connectivity index (χ1n) is 9.09. The summed E-state index contributed by atoms with van der Waals surface area (Å²) in [5, 5.41) is 3.17. The van der Waals surface area contributed by atoms with Crippen LogP contribution in [0.1, 0.15) is 24.9 Å². The van der Waals surface area contributed by atoms with Crippen molar-refractivity contribution >= 4 is 27.7 Å². The molecule has 1 fully saturated rings. The van der Waals surface area contributed by atoms with Crippen LogP contribution in [-0.4, -0.2) is 48.5 Å². The van der Waals surface area contributed by atoms with Crippen molar-refractivity contribution in [2.75, 3.05) is 37.6 Å². The van der Waals surface area contributed by atoms with Gasteiger partial charge in [-0.25, -0.2) is 4.98 Å². The number of nitrogens with one attached hydrogen (secondary N) is 1. The lowest BCUT2D eigenvalue weighted by atomic mass is 10.0. The van der Waals surface area contributed by atoms with Crippen molar-refractivity contribution in [3.63, 3.8) is 0 Å². The quantitative estimate of drug-likeness (QED) is 0.784. The molecular formula is C20H25BrN4O. The molecule has 0 bridgehead atoms. The van der Waals surface area contributed by atoms with Gasteiger partial charge < -0.3 is 10.2 Å². The van der Waals surface area contributed by atoms with Gasteiger partial charge in [0.05, 0.1) is 12.6 Å². The van der Waals surface area contributed by atoms with E-state index in [1.54, 1.807) is 0 Å². The third-order valence-electron chi connectivity index (χ3n) is 4.73. The van der Waals surface area contributed by atoms with Crippen molar-refractivity contribution in [3.8, 4) is 0 Å². The molecule has 1 aromatic heterocycles. The highest BCUT2D eigenvalue weighted by Crippen LogP contribution is 2.19. The molecule has 6 heteroatoms. The molecule has 3 rings (SSSR count). The molecule has 0 saturated carbocycles. The largest absolute Gasteiger partial charge is 0.354 e. The van der Waals surface area contributed by atoms with Crippen LogP contribution < -0.4 is 10.2 Å². The van der Waals surface area contributed by atoms with E-state index in [9.17, 15) is 4.79 Å². The van der Waals surface area contributed by atoms with Gasteiger partial charge in [0, 0.05) is 36.8 Å². The lowest BCUT2D eigenvalue weighted by Gasteiger charge is -2.35. The van der Waals surface area contributed by atoms with Gasteiger partial charge in [-0.3, -0.25) is 9.69 Å². The molecule has 1 atom stereocenters. The standard InChI is InChI=1S/C20H25BrN4O/c1-2-18(16-6-8-17(21)9-7-16)23-20(26)15-24-11-13-25(14-12-24)19-5-3-4-10-22-19/h3-10,18H,2,11-15H2,1H3,(H,23,26). The number of hydrogen-bond acceptors (Lipinski definition) is 4. The van der Waals surface area contributed by atoms with E-state index in [0.29, 0.717) is 6.54 Å². The molecular weight excluding hydrogens is 392 g/mol. The molecule has 1 aromatic carbocycles. The summed E-state index contributed by atoms with van der Waals surface area (Å²) >= 11 is 3.45. The van der Waals surface area contributed by atoms with Gasteiger partial charge >= 0.3 is 0 Å². The predicted molar refractivity (Wildman–Crippen MR) is 108 cm³/mol. The highest BCUT2D eigenvalue weighted by Gasteiger charge is 2.21. The van der Waals surface area contributed by atoms with E-state index >= 15 is 0 Å². The molecule has 1 amide bonds. The second kappa shape index (κ2) is 9.14. The van der Waals surface area contributed by atoms with Crippen molar-refractivity contribution < 1.29 is 4.79 Å². The topological polar surface area (TPSA) is 48.5 Å².